The Labute approximate surface area is 93.2 Å². The van der Waals surface area contributed by atoms with E-state index >= 15 is 0 Å². The molecule has 16 heavy (non-hydrogen) atoms. The number of cyclic esters (lactones) is 1. The van der Waals surface area contributed by atoms with Crippen LogP contribution in [0.5, 0.6) is 0 Å². The highest BCUT2D eigenvalue weighted by Gasteiger charge is 2.49. The minimum absolute atomic E-state index is 0.547. The second kappa shape index (κ2) is 3.77. The van der Waals surface area contributed by atoms with E-state index in [4.69, 9.17) is 9.84 Å². The number of nitrogens with zero attached hydrogens (tertiary/aromatic N) is 1. The summed E-state index contributed by atoms with van der Waals surface area (Å²) in [6, 6.07) is -1.24. The molecule has 0 unspecified atom stereocenters. The third-order valence-electron chi connectivity index (χ3n) is 2.32. The highest BCUT2D eigenvalue weighted by Crippen LogP contribution is 2.26. The lowest BCUT2D eigenvalue weighted by Crippen LogP contribution is -2.49. The number of carbonyl (C=O) groups is 3. The summed E-state index contributed by atoms with van der Waals surface area (Å²) in [5.74, 6) is -1.79. The minimum atomic E-state index is -1.24. The van der Waals surface area contributed by atoms with Crippen molar-refractivity contribution < 1.29 is 24.2 Å². The average molecular weight is 229 g/mol. The fourth-order valence-corrected chi connectivity index (χ4v) is 1.49. The lowest BCUT2D eigenvalue weighted by Gasteiger charge is -2.25. The van der Waals surface area contributed by atoms with E-state index in [1.54, 1.807) is 20.8 Å². The van der Waals surface area contributed by atoms with Gasteiger partial charge in [0.1, 0.15) is 6.10 Å². The Morgan fingerprint density at radius 3 is 2.25 bits per heavy atom. The normalized spacial score (nSPS) is 25.5. The molecule has 1 aliphatic rings. The summed E-state index contributed by atoms with van der Waals surface area (Å²) in [7, 11) is 0. The largest absolute Gasteiger partial charge is 0.480 e. The Kier molecular flexibility index (Phi) is 2.94. The first-order chi connectivity index (χ1) is 7.16. The number of amides is 2. The third kappa shape index (κ3) is 2.00. The predicted molar refractivity (Wildman–Crippen MR) is 53.7 cm³/mol. The molecule has 0 aromatic heterocycles. The molecule has 6 heteroatoms. The summed E-state index contributed by atoms with van der Waals surface area (Å²) >= 11 is 0. The van der Waals surface area contributed by atoms with Gasteiger partial charge in [0, 0.05) is 5.41 Å². The van der Waals surface area contributed by atoms with Crippen LogP contribution in [0.15, 0.2) is 0 Å². The van der Waals surface area contributed by atoms with E-state index in [-0.39, 0.29) is 0 Å². The van der Waals surface area contributed by atoms with Crippen LogP contribution in [0, 0.1) is 5.41 Å². The number of ether oxygens (including phenoxy) is 1. The fourth-order valence-electron chi connectivity index (χ4n) is 1.49. The molecular formula is C10H15NO5. The second-order valence-corrected chi connectivity index (χ2v) is 4.80. The lowest BCUT2D eigenvalue weighted by atomic mass is 9.94. The molecule has 0 aliphatic carbocycles. The molecule has 6 nitrogen and oxygen atoms in total. The van der Waals surface area contributed by atoms with E-state index in [1.165, 1.54) is 6.92 Å². The van der Waals surface area contributed by atoms with Gasteiger partial charge in [0.05, 0.1) is 0 Å². The zero-order chi connectivity index (χ0) is 12.7. The SMILES string of the molecule is C[C@H]1OC(=O)N(C(=O)C(C)(C)C)[C@@H]1C(=O)O. The number of imide groups is 1. The second-order valence-electron chi connectivity index (χ2n) is 4.80. The maximum Gasteiger partial charge on any atom is 0.417 e. The molecule has 0 radical (unpaired) electrons. The zero-order valence-electron chi connectivity index (χ0n) is 9.68. The number of carbonyl (C=O) groups excluding carboxylic acids is 2. The minimum Gasteiger partial charge on any atom is -0.480 e. The number of carboxylic acid groups (broad SMARTS) is 1. The number of hydrogen-bond donors (Lipinski definition) is 1. The smallest absolute Gasteiger partial charge is 0.417 e. The first-order valence-corrected chi connectivity index (χ1v) is 4.93. The van der Waals surface area contributed by atoms with Gasteiger partial charge in [-0.25, -0.2) is 14.5 Å². The van der Waals surface area contributed by atoms with Crippen LogP contribution >= 0.6 is 0 Å². The van der Waals surface area contributed by atoms with Gasteiger partial charge in [0.15, 0.2) is 6.04 Å². The van der Waals surface area contributed by atoms with Crippen molar-refractivity contribution in [1.82, 2.24) is 4.90 Å². The molecule has 0 bridgehead atoms. The molecule has 1 aliphatic heterocycles. The van der Waals surface area contributed by atoms with Gasteiger partial charge >= 0.3 is 12.1 Å². The van der Waals surface area contributed by atoms with Crippen molar-refractivity contribution in [3.63, 3.8) is 0 Å². The molecule has 0 spiro atoms. The standard InChI is InChI=1S/C10H15NO5/c1-5-6(7(12)13)11(9(15)16-5)8(14)10(2,3)4/h5-6H,1-4H3,(H,12,13)/t5-,6+/m1/s1. The van der Waals surface area contributed by atoms with Crippen LogP contribution in [-0.2, 0) is 14.3 Å². The average Bonchev–Trinajstić information content (AvgIpc) is 2.37. The summed E-state index contributed by atoms with van der Waals surface area (Å²) in [4.78, 5) is 35.0. The van der Waals surface area contributed by atoms with Crippen LogP contribution in [0.25, 0.3) is 0 Å². The van der Waals surface area contributed by atoms with E-state index in [1.807, 2.05) is 0 Å². The maximum absolute atomic E-state index is 11.9. The van der Waals surface area contributed by atoms with E-state index < -0.39 is 35.5 Å². The van der Waals surface area contributed by atoms with Crippen LogP contribution in [0.4, 0.5) is 4.79 Å². The van der Waals surface area contributed by atoms with E-state index in [0.29, 0.717) is 4.90 Å². The van der Waals surface area contributed by atoms with Crippen LogP contribution in [-0.4, -0.2) is 40.1 Å². The first-order valence-electron chi connectivity index (χ1n) is 4.93. The predicted octanol–water partition coefficient (Wildman–Crippen LogP) is 0.853. The molecule has 1 saturated heterocycles. The Bertz CT molecular complexity index is 344. The van der Waals surface area contributed by atoms with Crippen LogP contribution in [0.2, 0.25) is 0 Å². The molecular weight excluding hydrogens is 214 g/mol. The summed E-state index contributed by atoms with van der Waals surface area (Å²) in [5, 5.41) is 8.96. The van der Waals surface area contributed by atoms with Gasteiger partial charge in [0.25, 0.3) is 0 Å². The van der Waals surface area contributed by atoms with Crippen molar-refractivity contribution >= 4 is 18.0 Å². The van der Waals surface area contributed by atoms with Crippen LogP contribution in [0.1, 0.15) is 27.7 Å². The number of aliphatic carboxylic acids is 1. The maximum atomic E-state index is 11.9. The van der Waals surface area contributed by atoms with E-state index in [2.05, 4.69) is 0 Å². The molecule has 1 N–H and O–H groups in total. The topological polar surface area (TPSA) is 83.9 Å². The number of rotatable bonds is 1. The Morgan fingerprint density at radius 1 is 1.38 bits per heavy atom. The highest BCUT2D eigenvalue weighted by atomic mass is 16.6. The van der Waals surface area contributed by atoms with Gasteiger partial charge in [-0.3, -0.25) is 4.79 Å². The Hall–Kier alpha value is -1.59. The van der Waals surface area contributed by atoms with Gasteiger partial charge in [-0.1, -0.05) is 20.8 Å². The van der Waals surface area contributed by atoms with Gasteiger partial charge in [-0.15, -0.1) is 0 Å². The molecule has 1 fully saturated rings. The summed E-state index contributed by atoms with van der Waals surface area (Å²) in [6.07, 6.45) is -1.71. The van der Waals surface area contributed by atoms with Crippen molar-refractivity contribution in [2.75, 3.05) is 0 Å². The summed E-state index contributed by atoms with van der Waals surface area (Å²) in [5.41, 5.74) is -0.823. The number of hydrogen-bond acceptors (Lipinski definition) is 4. The first kappa shape index (κ1) is 12.5. The number of carboxylic acids is 1. The molecule has 0 aromatic carbocycles. The van der Waals surface area contributed by atoms with Gasteiger partial charge in [0.2, 0.25) is 5.91 Å². The van der Waals surface area contributed by atoms with Crippen molar-refractivity contribution in [1.29, 1.82) is 0 Å². The summed E-state index contributed by atoms with van der Waals surface area (Å²) < 4.78 is 4.75. The van der Waals surface area contributed by atoms with E-state index in [0.717, 1.165) is 0 Å². The Balaban J connectivity index is 3.06. The van der Waals surface area contributed by atoms with Crippen LogP contribution in [0.3, 0.4) is 0 Å². The van der Waals surface area contributed by atoms with Crippen molar-refractivity contribution in [2.45, 2.75) is 39.8 Å². The summed E-state index contributed by atoms with van der Waals surface area (Å²) in [6.45, 7) is 6.30. The van der Waals surface area contributed by atoms with Gasteiger partial charge in [-0.2, -0.15) is 0 Å². The molecule has 2 atom stereocenters. The van der Waals surface area contributed by atoms with Crippen molar-refractivity contribution in [3.8, 4) is 0 Å². The van der Waals surface area contributed by atoms with Gasteiger partial charge in [-0.05, 0) is 6.92 Å². The molecule has 1 rings (SSSR count). The Morgan fingerprint density at radius 2 is 1.88 bits per heavy atom. The third-order valence-corrected chi connectivity index (χ3v) is 2.32. The quantitative estimate of drug-likeness (QED) is 0.720. The van der Waals surface area contributed by atoms with Crippen LogP contribution < -0.4 is 0 Å². The van der Waals surface area contributed by atoms with Crippen molar-refractivity contribution in [2.24, 2.45) is 5.41 Å². The molecule has 2 amide bonds. The molecule has 0 saturated carbocycles. The zero-order valence-corrected chi connectivity index (χ0v) is 9.68. The van der Waals surface area contributed by atoms with Crippen molar-refractivity contribution in [3.05, 3.63) is 0 Å². The molecule has 90 valence electrons. The lowest BCUT2D eigenvalue weighted by molar-refractivity contribution is -0.150. The van der Waals surface area contributed by atoms with Gasteiger partial charge < -0.3 is 9.84 Å². The monoisotopic (exact) mass is 229 g/mol. The fraction of sp³-hybridized carbons (Fsp3) is 0.700. The molecule has 1 heterocycles. The van der Waals surface area contributed by atoms with E-state index in [9.17, 15) is 14.4 Å². The molecule has 0 aromatic rings. The highest BCUT2D eigenvalue weighted by molar-refractivity contribution is 6.00.